The fraction of sp³-hybridized carbons (Fsp3) is 0.909. The molecule has 1 N–H and O–H groups in total. The van der Waals surface area contributed by atoms with E-state index in [1.54, 1.807) is 20.8 Å². The van der Waals surface area contributed by atoms with E-state index in [-0.39, 0.29) is 6.54 Å². The first-order valence-corrected chi connectivity index (χ1v) is 5.70. The third-order valence-electron chi connectivity index (χ3n) is 2.75. The second-order valence-corrected chi connectivity index (χ2v) is 5.48. The lowest BCUT2D eigenvalue weighted by molar-refractivity contribution is -0.182. The Hall–Kier alpha value is -0.980. The van der Waals surface area contributed by atoms with E-state index in [0.717, 1.165) is 4.90 Å². The van der Waals surface area contributed by atoms with E-state index in [0.29, 0.717) is 0 Å². The van der Waals surface area contributed by atoms with Crippen LogP contribution in [0, 0.1) is 11.8 Å². The minimum atomic E-state index is -4.41. The largest absolute Gasteiger partial charge is 0.444 e. The number of carbonyl (C=O) groups is 1. The lowest BCUT2D eigenvalue weighted by Gasteiger charge is -2.24. The molecular formula is C11H18F3NO3. The molecule has 0 aromatic carbocycles. The van der Waals surface area contributed by atoms with Crippen LogP contribution in [-0.2, 0) is 4.74 Å². The standard InChI is InChI=1S/C11H18F3NO3/c1-10(2,3)18-9(17)15-4-7(6-16)8(5-15)11(12,13)14/h7-8,16H,4-6H2,1-3H3/t7-,8+/m1/s1. The molecule has 106 valence electrons. The van der Waals surface area contributed by atoms with Gasteiger partial charge < -0.3 is 14.7 Å². The highest BCUT2D eigenvalue weighted by atomic mass is 19.4. The van der Waals surface area contributed by atoms with Crippen molar-refractivity contribution >= 4 is 6.09 Å². The molecule has 0 spiro atoms. The van der Waals surface area contributed by atoms with Crippen LogP contribution in [-0.4, -0.2) is 47.6 Å². The average Bonchev–Trinajstić information content (AvgIpc) is 2.57. The molecule has 1 heterocycles. The van der Waals surface area contributed by atoms with E-state index < -0.39 is 42.9 Å². The first-order chi connectivity index (χ1) is 8.04. The predicted octanol–water partition coefficient (Wildman–Crippen LogP) is 2.02. The number of carbonyl (C=O) groups excluding carboxylic acids is 1. The smallest absolute Gasteiger partial charge is 0.410 e. The molecule has 2 atom stereocenters. The second kappa shape index (κ2) is 4.95. The van der Waals surface area contributed by atoms with Crippen molar-refractivity contribution in [3.8, 4) is 0 Å². The van der Waals surface area contributed by atoms with Crippen molar-refractivity contribution in [2.24, 2.45) is 11.8 Å². The molecule has 1 rings (SSSR count). The van der Waals surface area contributed by atoms with Crippen LogP contribution in [0.25, 0.3) is 0 Å². The summed E-state index contributed by atoms with van der Waals surface area (Å²) in [5, 5.41) is 8.95. The van der Waals surface area contributed by atoms with Gasteiger partial charge in [-0.25, -0.2) is 4.79 Å². The molecule has 0 aromatic heterocycles. The summed E-state index contributed by atoms with van der Waals surface area (Å²) in [7, 11) is 0. The number of likely N-dealkylation sites (tertiary alicyclic amines) is 1. The highest BCUT2D eigenvalue weighted by Crippen LogP contribution is 2.37. The molecule has 0 aliphatic carbocycles. The summed E-state index contributed by atoms with van der Waals surface area (Å²) >= 11 is 0. The molecule has 18 heavy (non-hydrogen) atoms. The third-order valence-corrected chi connectivity index (χ3v) is 2.75. The van der Waals surface area contributed by atoms with Crippen molar-refractivity contribution in [2.45, 2.75) is 32.5 Å². The number of halogens is 3. The molecule has 1 fully saturated rings. The molecular weight excluding hydrogens is 251 g/mol. The monoisotopic (exact) mass is 269 g/mol. The van der Waals surface area contributed by atoms with E-state index in [4.69, 9.17) is 9.84 Å². The number of aliphatic hydroxyl groups excluding tert-OH is 1. The number of rotatable bonds is 1. The van der Waals surface area contributed by atoms with E-state index >= 15 is 0 Å². The normalized spacial score (nSPS) is 25.4. The van der Waals surface area contributed by atoms with Gasteiger partial charge in [0.15, 0.2) is 0 Å². The van der Waals surface area contributed by atoms with Crippen LogP contribution in [0.4, 0.5) is 18.0 Å². The average molecular weight is 269 g/mol. The SMILES string of the molecule is CC(C)(C)OC(=O)N1C[C@H](CO)[C@@H](C(F)(F)F)C1. The fourth-order valence-corrected chi connectivity index (χ4v) is 1.90. The fourth-order valence-electron chi connectivity index (χ4n) is 1.90. The minimum absolute atomic E-state index is 0.129. The lowest BCUT2D eigenvalue weighted by atomic mass is 9.97. The van der Waals surface area contributed by atoms with Crippen LogP contribution in [0.1, 0.15) is 20.8 Å². The zero-order chi connectivity index (χ0) is 14.1. The van der Waals surface area contributed by atoms with Gasteiger partial charge in [-0.1, -0.05) is 0 Å². The third kappa shape index (κ3) is 3.76. The molecule has 4 nitrogen and oxygen atoms in total. The molecule has 0 radical (unpaired) electrons. The van der Waals surface area contributed by atoms with Gasteiger partial charge in [0, 0.05) is 25.6 Å². The molecule has 1 aliphatic heterocycles. The molecule has 0 aromatic rings. The molecule has 0 saturated carbocycles. The van der Waals surface area contributed by atoms with Gasteiger partial charge >= 0.3 is 12.3 Å². The Morgan fingerprint density at radius 1 is 1.33 bits per heavy atom. The van der Waals surface area contributed by atoms with Gasteiger partial charge in [0.05, 0.1) is 5.92 Å². The molecule has 7 heteroatoms. The van der Waals surface area contributed by atoms with Gasteiger partial charge in [0.25, 0.3) is 0 Å². The number of hydrogen-bond acceptors (Lipinski definition) is 3. The van der Waals surface area contributed by atoms with Crippen molar-refractivity contribution in [3.05, 3.63) is 0 Å². The van der Waals surface area contributed by atoms with Crippen LogP contribution in [0.15, 0.2) is 0 Å². The Balaban J connectivity index is 2.70. The summed E-state index contributed by atoms with van der Waals surface area (Å²) in [4.78, 5) is 12.7. The van der Waals surface area contributed by atoms with Crippen molar-refractivity contribution in [3.63, 3.8) is 0 Å². The summed E-state index contributed by atoms with van der Waals surface area (Å²) in [6.45, 7) is 3.76. The van der Waals surface area contributed by atoms with Crippen molar-refractivity contribution < 1.29 is 27.8 Å². The molecule has 0 unspecified atom stereocenters. The Morgan fingerprint density at radius 2 is 1.89 bits per heavy atom. The Bertz CT molecular complexity index is 312. The van der Waals surface area contributed by atoms with E-state index in [1.807, 2.05) is 0 Å². The van der Waals surface area contributed by atoms with Crippen LogP contribution < -0.4 is 0 Å². The summed E-state index contributed by atoms with van der Waals surface area (Å²) in [6.07, 6.45) is -5.18. The van der Waals surface area contributed by atoms with E-state index in [9.17, 15) is 18.0 Å². The van der Waals surface area contributed by atoms with Crippen LogP contribution >= 0.6 is 0 Å². The number of hydrogen-bond donors (Lipinski definition) is 1. The molecule has 1 amide bonds. The number of nitrogens with zero attached hydrogens (tertiary/aromatic N) is 1. The summed E-state index contributed by atoms with van der Waals surface area (Å²) in [5.74, 6) is -2.66. The van der Waals surface area contributed by atoms with Crippen LogP contribution in [0.2, 0.25) is 0 Å². The maximum absolute atomic E-state index is 12.7. The quantitative estimate of drug-likeness (QED) is 0.792. The maximum Gasteiger partial charge on any atom is 0.410 e. The van der Waals surface area contributed by atoms with Crippen LogP contribution in [0.5, 0.6) is 0 Å². The zero-order valence-electron chi connectivity index (χ0n) is 10.6. The summed E-state index contributed by atoms with van der Waals surface area (Å²) < 4.78 is 43.1. The van der Waals surface area contributed by atoms with Crippen molar-refractivity contribution in [1.82, 2.24) is 4.90 Å². The van der Waals surface area contributed by atoms with Gasteiger partial charge in [0.2, 0.25) is 0 Å². The topological polar surface area (TPSA) is 49.8 Å². The second-order valence-electron chi connectivity index (χ2n) is 5.48. The van der Waals surface area contributed by atoms with Gasteiger partial charge in [-0.15, -0.1) is 0 Å². The van der Waals surface area contributed by atoms with Crippen molar-refractivity contribution in [1.29, 1.82) is 0 Å². The first-order valence-electron chi connectivity index (χ1n) is 5.70. The van der Waals surface area contributed by atoms with Gasteiger partial charge in [-0.3, -0.25) is 0 Å². The Labute approximate surface area is 104 Å². The summed E-state index contributed by atoms with van der Waals surface area (Å²) in [5.41, 5.74) is -0.748. The molecule has 0 bridgehead atoms. The van der Waals surface area contributed by atoms with Crippen molar-refractivity contribution in [2.75, 3.05) is 19.7 Å². The van der Waals surface area contributed by atoms with Gasteiger partial charge in [-0.05, 0) is 20.8 Å². The molecule has 1 saturated heterocycles. The van der Waals surface area contributed by atoms with Crippen LogP contribution in [0.3, 0.4) is 0 Å². The predicted molar refractivity (Wildman–Crippen MR) is 57.9 cm³/mol. The number of ether oxygens (including phenoxy) is 1. The highest BCUT2D eigenvalue weighted by Gasteiger charge is 2.50. The molecule has 1 aliphatic rings. The van der Waals surface area contributed by atoms with E-state index in [2.05, 4.69) is 0 Å². The Kier molecular flexibility index (Phi) is 4.15. The highest BCUT2D eigenvalue weighted by molar-refractivity contribution is 5.68. The van der Waals surface area contributed by atoms with E-state index in [1.165, 1.54) is 0 Å². The maximum atomic E-state index is 12.7. The van der Waals surface area contributed by atoms with Gasteiger partial charge in [0.1, 0.15) is 5.60 Å². The number of alkyl halides is 3. The zero-order valence-corrected chi connectivity index (χ0v) is 10.6. The lowest BCUT2D eigenvalue weighted by Crippen LogP contribution is -2.36. The first kappa shape index (κ1) is 15.1. The minimum Gasteiger partial charge on any atom is -0.444 e. The number of aliphatic hydroxyl groups is 1. The Morgan fingerprint density at radius 3 is 2.22 bits per heavy atom. The van der Waals surface area contributed by atoms with Gasteiger partial charge in [-0.2, -0.15) is 13.2 Å². The summed E-state index contributed by atoms with van der Waals surface area (Å²) in [6, 6.07) is 0. The number of amides is 1.